The van der Waals surface area contributed by atoms with E-state index in [1.807, 2.05) is 0 Å². The summed E-state index contributed by atoms with van der Waals surface area (Å²) in [4.78, 5) is 14.1. The van der Waals surface area contributed by atoms with Crippen LogP contribution >= 0.6 is 0 Å². The van der Waals surface area contributed by atoms with Gasteiger partial charge in [-0.1, -0.05) is 13.8 Å². The molecule has 2 fully saturated rings. The molecule has 0 saturated carbocycles. The van der Waals surface area contributed by atoms with Gasteiger partial charge in [-0.3, -0.25) is 4.79 Å². The molecule has 0 radical (unpaired) electrons. The molecule has 2 aliphatic heterocycles. The van der Waals surface area contributed by atoms with Crippen molar-refractivity contribution in [2.45, 2.75) is 51.6 Å². The number of amides is 1. The second-order valence-electron chi connectivity index (χ2n) is 6.01. The molecule has 0 unspecified atom stereocenters. The summed E-state index contributed by atoms with van der Waals surface area (Å²) in [6.07, 6.45) is 3.92. The van der Waals surface area contributed by atoms with Crippen LogP contribution in [0, 0.1) is 23.2 Å². The number of carbonyl (C=O) groups excluding carboxylic acids is 1. The van der Waals surface area contributed by atoms with Gasteiger partial charge in [0, 0.05) is 6.54 Å². The van der Waals surface area contributed by atoms with Crippen LogP contribution in [0.4, 0.5) is 0 Å². The molecule has 1 amide bonds. The van der Waals surface area contributed by atoms with E-state index < -0.39 is 0 Å². The summed E-state index contributed by atoms with van der Waals surface area (Å²) in [7, 11) is 0. The highest BCUT2D eigenvalue weighted by Crippen LogP contribution is 2.25. The molecule has 0 aliphatic carbocycles. The fraction of sp³-hybridized carbons (Fsp3) is 0.857. The summed E-state index contributed by atoms with van der Waals surface area (Å²) in [5, 5.41) is 12.4. The Morgan fingerprint density at radius 3 is 3.00 bits per heavy atom. The van der Waals surface area contributed by atoms with Crippen molar-refractivity contribution in [1.29, 1.82) is 5.26 Å². The quantitative estimate of drug-likeness (QED) is 0.825. The summed E-state index contributed by atoms with van der Waals surface area (Å²) >= 11 is 0. The Hall–Kier alpha value is -1.08. The van der Waals surface area contributed by atoms with Crippen LogP contribution in [0.2, 0.25) is 0 Å². The Morgan fingerprint density at radius 1 is 1.56 bits per heavy atom. The lowest BCUT2D eigenvalue weighted by Gasteiger charge is -2.23. The topological polar surface area (TPSA) is 56.1 Å². The molecule has 0 aromatic heterocycles. The Bertz CT molecular complexity index is 347. The highest BCUT2D eigenvalue weighted by atomic mass is 16.2. The van der Waals surface area contributed by atoms with E-state index in [0.29, 0.717) is 11.8 Å². The Morgan fingerprint density at radius 2 is 2.33 bits per heavy atom. The molecule has 0 aromatic carbocycles. The van der Waals surface area contributed by atoms with Crippen LogP contribution in [0.1, 0.15) is 39.5 Å². The van der Waals surface area contributed by atoms with Gasteiger partial charge >= 0.3 is 0 Å². The number of nitrogens with one attached hydrogen (secondary N) is 1. The zero-order chi connectivity index (χ0) is 13.1. The maximum absolute atomic E-state index is 12.4. The number of nitriles is 1. The fourth-order valence-electron chi connectivity index (χ4n) is 3.21. The molecule has 0 aromatic rings. The summed E-state index contributed by atoms with van der Waals surface area (Å²) in [5.41, 5.74) is 0. The highest BCUT2D eigenvalue weighted by Gasteiger charge is 2.36. The fourth-order valence-corrected chi connectivity index (χ4v) is 3.21. The van der Waals surface area contributed by atoms with Crippen molar-refractivity contribution in [3.8, 4) is 6.07 Å². The third-order valence-corrected chi connectivity index (χ3v) is 4.01. The average Bonchev–Trinajstić information content (AvgIpc) is 2.95. The van der Waals surface area contributed by atoms with Crippen LogP contribution in [-0.2, 0) is 4.79 Å². The van der Waals surface area contributed by atoms with Crippen molar-refractivity contribution in [1.82, 2.24) is 10.2 Å². The van der Waals surface area contributed by atoms with E-state index in [9.17, 15) is 4.79 Å². The van der Waals surface area contributed by atoms with Crippen LogP contribution < -0.4 is 5.32 Å². The van der Waals surface area contributed by atoms with E-state index in [4.69, 9.17) is 5.26 Å². The molecular formula is C14H23N3O. The molecule has 100 valence electrons. The van der Waals surface area contributed by atoms with Gasteiger partial charge in [-0.05, 0) is 44.1 Å². The average molecular weight is 249 g/mol. The van der Waals surface area contributed by atoms with Crippen LogP contribution in [-0.4, -0.2) is 36.0 Å². The first-order chi connectivity index (χ1) is 8.61. The maximum Gasteiger partial charge on any atom is 0.240 e. The smallest absolute Gasteiger partial charge is 0.240 e. The number of rotatable bonds is 3. The van der Waals surface area contributed by atoms with Crippen molar-refractivity contribution < 1.29 is 4.79 Å². The van der Waals surface area contributed by atoms with Crippen molar-refractivity contribution in [2.24, 2.45) is 11.8 Å². The van der Waals surface area contributed by atoms with E-state index in [1.54, 1.807) is 4.90 Å². The van der Waals surface area contributed by atoms with Crippen molar-refractivity contribution >= 4 is 5.91 Å². The second kappa shape index (κ2) is 5.71. The first-order valence-corrected chi connectivity index (χ1v) is 7.05. The lowest BCUT2D eigenvalue weighted by atomic mass is 9.94. The highest BCUT2D eigenvalue weighted by molar-refractivity contribution is 5.83. The predicted octanol–water partition coefficient (Wildman–Crippen LogP) is 1.53. The van der Waals surface area contributed by atoms with Gasteiger partial charge in [0.25, 0.3) is 0 Å². The van der Waals surface area contributed by atoms with E-state index in [2.05, 4.69) is 25.2 Å². The Labute approximate surface area is 109 Å². The maximum atomic E-state index is 12.4. The number of nitrogens with zero attached hydrogens (tertiary/aromatic N) is 2. The van der Waals surface area contributed by atoms with Gasteiger partial charge in [0.05, 0.1) is 12.1 Å². The van der Waals surface area contributed by atoms with E-state index in [1.165, 1.54) is 6.42 Å². The van der Waals surface area contributed by atoms with Crippen LogP contribution in [0.5, 0.6) is 0 Å². The van der Waals surface area contributed by atoms with Crippen LogP contribution in [0.25, 0.3) is 0 Å². The Kier molecular flexibility index (Phi) is 4.23. The van der Waals surface area contributed by atoms with Crippen molar-refractivity contribution in [3.05, 3.63) is 0 Å². The zero-order valence-corrected chi connectivity index (χ0v) is 11.4. The molecule has 1 N–H and O–H groups in total. The van der Waals surface area contributed by atoms with E-state index in [-0.39, 0.29) is 18.0 Å². The first-order valence-electron chi connectivity index (χ1n) is 7.05. The van der Waals surface area contributed by atoms with Gasteiger partial charge in [-0.2, -0.15) is 5.26 Å². The van der Waals surface area contributed by atoms with Gasteiger partial charge < -0.3 is 10.2 Å². The summed E-state index contributed by atoms with van der Waals surface area (Å²) in [6.45, 7) is 6.15. The molecular weight excluding hydrogens is 226 g/mol. The van der Waals surface area contributed by atoms with Gasteiger partial charge in [0.15, 0.2) is 0 Å². The van der Waals surface area contributed by atoms with E-state index >= 15 is 0 Å². The normalized spacial score (nSPS) is 31.9. The molecule has 2 rings (SSSR count). The molecule has 18 heavy (non-hydrogen) atoms. The summed E-state index contributed by atoms with van der Waals surface area (Å²) < 4.78 is 0. The van der Waals surface area contributed by atoms with Crippen molar-refractivity contribution in [3.63, 3.8) is 0 Å². The minimum absolute atomic E-state index is 0.0531. The van der Waals surface area contributed by atoms with Gasteiger partial charge in [0.1, 0.15) is 6.04 Å². The molecule has 2 saturated heterocycles. The third-order valence-electron chi connectivity index (χ3n) is 4.01. The summed E-state index contributed by atoms with van der Waals surface area (Å²) in [5.74, 6) is 1.44. The molecule has 3 atom stereocenters. The molecule has 4 heteroatoms. The number of carbonyl (C=O) groups is 1. The lowest BCUT2D eigenvalue weighted by molar-refractivity contribution is -0.133. The van der Waals surface area contributed by atoms with Crippen LogP contribution in [0.3, 0.4) is 0 Å². The first kappa shape index (κ1) is 13.4. The lowest BCUT2D eigenvalue weighted by Crippen LogP contribution is -2.45. The number of hydrogen-bond acceptors (Lipinski definition) is 3. The molecule has 2 aliphatic rings. The zero-order valence-electron chi connectivity index (χ0n) is 11.4. The second-order valence-corrected chi connectivity index (χ2v) is 6.01. The molecule has 2 heterocycles. The number of likely N-dealkylation sites (tertiary alicyclic amines) is 1. The molecule has 4 nitrogen and oxygen atoms in total. The largest absolute Gasteiger partial charge is 0.325 e. The van der Waals surface area contributed by atoms with Gasteiger partial charge in [-0.15, -0.1) is 0 Å². The minimum atomic E-state index is -0.191. The van der Waals surface area contributed by atoms with Crippen LogP contribution in [0.15, 0.2) is 0 Å². The molecule has 0 bridgehead atoms. The number of hydrogen-bond donors (Lipinski definition) is 1. The predicted molar refractivity (Wildman–Crippen MR) is 69.7 cm³/mol. The minimum Gasteiger partial charge on any atom is -0.325 e. The van der Waals surface area contributed by atoms with E-state index in [0.717, 1.165) is 32.4 Å². The van der Waals surface area contributed by atoms with Crippen molar-refractivity contribution in [2.75, 3.05) is 13.1 Å². The van der Waals surface area contributed by atoms with Gasteiger partial charge in [0.2, 0.25) is 5.91 Å². The standard InChI is InChI=1S/C14H23N3O/c1-10(2)6-11-7-13(16-9-11)14(18)17-5-3-4-12(17)8-15/h10-13,16H,3-7,9H2,1-2H3/t11-,12-,13-/m0/s1. The Balaban J connectivity index is 1.89. The molecule has 0 spiro atoms. The SMILES string of the molecule is CC(C)C[C@@H]1CN[C@H](C(=O)N2CCC[C@H]2C#N)C1. The monoisotopic (exact) mass is 249 g/mol. The van der Waals surface area contributed by atoms with Gasteiger partial charge in [-0.25, -0.2) is 0 Å². The third kappa shape index (κ3) is 2.84. The summed E-state index contributed by atoms with van der Waals surface area (Å²) in [6, 6.07) is 1.99.